The second kappa shape index (κ2) is 5.10. The van der Waals surface area contributed by atoms with Gasteiger partial charge in [0.1, 0.15) is 0 Å². The minimum Gasteiger partial charge on any atom is -0.338 e. The molecule has 0 amide bonds. The Hall–Kier alpha value is -0.900. The van der Waals surface area contributed by atoms with E-state index in [2.05, 4.69) is 22.0 Å². The molecule has 4 nitrogen and oxygen atoms in total. The highest BCUT2D eigenvalue weighted by Crippen LogP contribution is 2.23. The highest BCUT2D eigenvalue weighted by Gasteiger charge is 2.25. The van der Waals surface area contributed by atoms with E-state index < -0.39 is 0 Å². The lowest BCUT2D eigenvalue weighted by Crippen LogP contribution is -2.39. The van der Waals surface area contributed by atoms with Crippen LogP contribution in [-0.2, 0) is 0 Å². The van der Waals surface area contributed by atoms with Gasteiger partial charge in [-0.25, -0.2) is 0 Å². The van der Waals surface area contributed by atoms with Crippen LogP contribution in [0.25, 0.3) is 0 Å². The van der Waals surface area contributed by atoms with Crippen LogP contribution < -0.4 is 0 Å². The van der Waals surface area contributed by atoms with Gasteiger partial charge in [0.2, 0.25) is 5.89 Å². The molecule has 0 spiro atoms. The Labute approximate surface area is 85.3 Å². The average molecular weight is 197 g/mol. The molecule has 0 aromatic carbocycles. The van der Waals surface area contributed by atoms with Gasteiger partial charge in [0, 0.05) is 13.1 Å². The van der Waals surface area contributed by atoms with Crippen LogP contribution in [0, 0.1) is 6.92 Å². The van der Waals surface area contributed by atoms with E-state index in [1.807, 2.05) is 20.8 Å². The molecule has 1 aromatic rings. The Morgan fingerprint density at radius 2 is 2.00 bits per heavy atom. The predicted octanol–water partition coefficient (Wildman–Crippen LogP) is 2.17. The minimum atomic E-state index is 0.292. The maximum atomic E-state index is 5.08. The number of aryl methyl sites for hydroxylation is 1. The Bertz CT molecular complexity index is 268. The third kappa shape index (κ3) is 2.32. The zero-order chi connectivity index (χ0) is 10.6. The molecule has 2 heterocycles. The summed E-state index contributed by atoms with van der Waals surface area (Å²) in [6, 6.07) is 0.292. The Morgan fingerprint density at radius 1 is 1.36 bits per heavy atom. The van der Waals surface area contributed by atoms with Crippen LogP contribution in [0.1, 0.15) is 44.9 Å². The van der Waals surface area contributed by atoms with E-state index in [0.717, 1.165) is 24.8 Å². The van der Waals surface area contributed by atoms with Crippen LogP contribution in [-0.4, -0.2) is 28.1 Å². The second-order valence-electron chi connectivity index (χ2n) is 3.25. The van der Waals surface area contributed by atoms with Crippen molar-refractivity contribution in [1.82, 2.24) is 15.0 Å². The first kappa shape index (κ1) is 11.2. The fourth-order valence-electron chi connectivity index (χ4n) is 1.37. The summed E-state index contributed by atoms with van der Waals surface area (Å²) < 4.78 is 5.08. The summed E-state index contributed by atoms with van der Waals surface area (Å²) in [6.07, 6.45) is 1.29. The number of aromatic nitrogens is 2. The Morgan fingerprint density at radius 3 is 2.36 bits per heavy atom. The van der Waals surface area contributed by atoms with Crippen molar-refractivity contribution < 1.29 is 4.52 Å². The van der Waals surface area contributed by atoms with Crippen molar-refractivity contribution in [3.63, 3.8) is 0 Å². The monoisotopic (exact) mass is 197 g/mol. The molecule has 0 aliphatic carbocycles. The van der Waals surface area contributed by atoms with Gasteiger partial charge in [0.05, 0.1) is 6.04 Å². The Balaban J connectivity index is 0.000000461. The van der Waals surface area contributed by atoms with Gasteiger partial charge < -0.3 is 4.52 Å². The molecule has 1 aliphatic heterocycles. The first-order valence-corrected chi connectivity index (χ1v) is 5.31. The Kier molecular flexibility index (Phi) is 4.07. The molecule has 2 rings (SSSR count). The van der Waals surface area contributed by atoms with Gasteiger partial charge in [-0.1, -0.05) is 19.0 Å². The van der Waals surface area contributed by atoms with E-state index in [-0.39, 0.29) is 0 Å². The fraction of sp³-hybridized carbons (Fsp3) is 0.800. The van der Waals surface area contributed by atoms with Gasteiger partial charge >= 0.3 is 0 Å². The van der Waals surface area contributed by atoms with E-state index in [0.29, 0.717) is 6.04 Å². The van der Waals surface area contributed by atoms with Crippen LogP contribution in [0.4, 0.5) is 0 Å². The highest BCUT2D eigenvalue weighted by molar-refractivity contribution is 4.92. The predicted molar refractivity (Wildman–Crippen MR) is 55.0 cm³/mol. The molecule has 1 fully saturated rings. The van der Waals surface area contributed by atoms with Crippen molar-refractivity contribution in [3.8, 4) is 0 Å². The fourth-order valence-corrected chi connectivity index (χ4v) is 1.37. The van der Waals surface area contributed by atoms with Gasteiger partial charge in [-0.15, -0.1) is 0 Å². The summed E-state index contributed by atoms with van der Waals surface area (Å²) in [4.78, 5) is 6.52. The standard InChI is InChI=1S/C8H13N3O.C2H6/c1-6(11-4-3-5-11)8-9-7(2)10-12-8;1-2/h6H,3-5H2,1-2H3;1-2H3. The maximum absolute atomic E-state index is 5.08. The first-order valence-electron chi connectivity index (χ1n) is 5.31. The lowest BCUT2D eigenvalue weighted by Gasteiger charge is -2.34. The van der Waals surface area contributed by atoms with Crippen molar-refractivity contribution in [2.24, 2.45) is 0 Å². The zero-order valence-electron chi connectivity index (χ0n) is 9.45. The molecule has 1 saturated heterocycles. The molecule has 14 heavy (non-hydrogen) atoms. The molecule has 1 unspecified atom stereocenters. The van der Waals surface area contributed by atoms with Crippen molar-refractivity contribution >= 4 is 0 Å². The van der Waals surface area contributed by atoms with Crippen molar-refractivity contribution in [2.45, 2.75) is 40.2 Å². The van der Waals surface area contributed by atoms with Gasteiger partial charge in [0.25, 0.3) is 0 Å². The molecule has 4 heteroatoms. The summed E-state index contributed by atoms with van der Waals surface area (Å²) in [5, 5.41) is 3.77. The topological polar surface area (TPSA) is 42.2 Å². The number of likely N-dealkylation sites (tertiary alicyclic amines) is 1. The van der Waals surface area contributed by atoms with Gasteiger partial charge in [-0.2, -0.15) is 4.98 Å². The van der Waals surface area contributed by atoms with Gasteiger partial charge in [0.15, 0.2) is 5.82 Å². The lowest BCUT2D eigenvalue weighted by atomic mass is 10.1. The molecule has 0 bridgehead atoms. The smallest absolute Gasteiger partial charge is 0.243 e. The quantitative estimate of drug-likeness (QED) is 0.728. The summed E-state index contributed by atoms with van der Waals surface area (Å²) in [5.41, 5.74) is 0. The summed E-state index contributed by atoms with van der Waals surface area (Å²) in [7, 11) is 0. The van der Waals surface area contributed by atoms with Crippen molar-refractivity contribution in [3.05, 3.63) is 11.7 Å². The van der Waals surface area contributed by atoms with Crippen molar-refractivity contribution in [1.29, 1.82) is 0 Å². The normalized spacial score (nSPS) is 18.0. The molecular weight excluding hydrogens is 178 g/mol. The minimum absolute atomic E-state index is 0.292. The molecule has 1 aromatic heterocycles. The number of rotatable bonds is 2. The number of hydrogen-bond donors (Lipinski definition) is 0. The largest absolute Gasteiger partial charge is 0.338 e. The summed E-state index contributed by atoms with van der Waals surface area (Å²) in [5.74, 6) is 1.46. The van der Waals surface area contributed by atoms with E-state index in [1.54, 1.807) is 0 Å². The maximum Gasteiger partial charge on any atom is 0.243 e. The number of hydrogen-bond acceptors (Lipinski definition) is 4. The van der Waals surface area contributed by atoms with Crippen LogP contribution >= 0.6 is 0 Å². The zero-order valence-corrected chi connectivity index (χ0v) is 9.45. The van der Waals surface area contributed by atoms with E-state index in [9.17, 15) is 0 Å². The molecule has 1 aliphatic rings. The van der Waals surface area contributed by atoms with E-state index in [1.165, 1.54) is 6.42 Å². The number of nitrogens with zero attached hydrogens (tertiary/aromatic N) is 3. The van der Waals surface area contributed by atoms with E-state index >= 15 is 0 Å². The van der Waals surface area contributed by atoms with Crippen LogP contribution in [0.2, 0.25) is 0 Å². The SMILES string of the molecule is CC.Cc1noc(C(C)N2CCC2)n1. The molecule has 0 saturated carbocycles. The van der Waals surface area contributed by atoms with E-state index in [4.69, 9.17) is 4.52 Å². The van der Waals surface area contributed by atoms with Crippen molar-refractivity contribution in [2.75, 3.05) is 13.1 Å². The molecule has 1 atom stereocenters. The first-order chi connectivity index (χ1) is 6.77. The summed E-state index contributed by atoms with van der Waals surface area (Å²) >= 11 is 0. The third-order valence-electron chi connectivity index (χ3n) is 2.34. The third-order valence-corrected chi connectivity index (χ3v) is 2.34. The van der Waals surface area contributed by atoms with Gasteiger partial charge in [-0.3, -0.25) is 4.90 Å². The van der Waals surface area contributed by atoms with Crippen LogP contribution in [0.5, 0.6) is 0 Å². The molecule has 0 radical (unpaired) electrons. The van der Waals surface area contributed by atoms with Gasteiger partial charge in [-0.05, 0) is 20.3 Å². The van der Waals surface area contributed by atoms with Crippen LogP contribution in [0.3, 0.4) is 0 Å². The highest BCUT2D eigenvalue weighted by atomic mass is 16.5. The second-order valence-corrected chi connectivity index (χ2v) is 3.25. The molecule has 0 N–H and O–H groups in total. The lowest BCUT2D eigenvalue weighted by molar-refractivity contribution is 0.105. The molecule has 80 valence electrons. The van der Waals surface area contributed by atoms with Crippen LogP contribution in [0.15, 0.2) is 4.52 Å². The summed E-state index contributed by atoms with van der Waals surface area (Å²) in [6.45, 7) is 10.3. The average Bonchev–Trinajstić information content (AvgIpc) is 2.52. The molecular formula is C10H19N3O.